The van der Waals surface area contributed by atoms with Crippen molar-refractivity contribution in [2.24, 2.45) is 0 Å². The lowest BCUT2D eigenvalue weighted by Gasteiger charge is -2.28. The van der Waals surface area contributed by atoms with Crippen LogP contribution >= 0.6 is 11.6 Å². The van der Waals surface area contributed by atoms with Gasteiger partial charge in [0.1, 0.15) is 0 Å². The van der Waals surface area contributed by atoms with Crippen molar-refractivity contribution in [3.8, 4) is 0 Å². The van der Waals surface area contributed by atoms with Gasteiger partial charge in [-0.2, -0.15) is 17.9 Å². The third-order valence-corrected chi connectivity index (χ3v) is 4.26. The number of benzene rings is 1. The van der Waals surface area contributed by atoms with Crippen molar-refractivity contribution in [3.63, 3.8) is 0 Å². The lowest BCUT2D eigenvalue weighted by molar-refractivity contribution is -0.606. The summed E-state index contributed by atoms with van der Waals surface area (Å²) in [4.78, 5) is 13.8. The molecule has 1 aliphatic heterocycles. The fourth-order valence-electron chi connectivity index (χ4n) is 2.67. The Morgan fingerprint density at radius 2 is 2.04 bits per heavy atom. The Balaban J connectivity index is 1.72. The van der Waals surface area contributed by atoms with Gasteiger partial charge in [-0.15, -0.1) is 0 Å². The van der Waals surface area contributed by atoms with Crippen LogP contribution < -0.4 is 10.0 Å². The van der Waals surface area contributed by atoms with Gasteiger partial charge in [0.2, 0.25) is 0 Å². The van der Waals surface area contributed by atoms with Gasteiger partial charge in [0.15, 0.2) is 12.4 Å². The molecule has 0 aliphatic carbocycles. The number of carbonyl (C=O) groups is 1. The predicted octanol–water partition coefficient (Wildman–Crippen LogP) is 3.58. The van der Waals surface area contributed by atoms with Gasteiger partial charge < -0.3 is 15.4 Å². The minimum atomic E-state index is -4.55. The number of rotatable bonds is 1. The van der Waals surface area contributed by atoms with Crippen molar-refractivity contribution in [3.05, 3.63) is 63.6 Å². The van der Waals surface area contributed by atoms with Crippen LogP contribution in [-0.4, -0.2) is 17.5 Å². The molecule has 2 heterocycles. The van der Waals surface area contributed by atoms with Crippen molar-refractivity contribution in [1.82, 2.24) is 4.90 Å². The fraction of sp³-hybridized carbons (Fsp3) is 0.250. The SMILES string of the molecule is O=C(Nc1ccc(C(F)(F)F)c(Cl)c1)N1CCc2cc[n+]([O-])cc2C1. The number of aromatic nitrogens is 1. The molecule has 3 rings (SSSR count). The van der Waals surface area contributed by atoms with Crippen LogP contribution in [0.25, 0.3) is 0 Å². The smallest absolute Gasteiger partial charge is 0.417 e. The van der Waals surface area contributed by atoms with Gasteiger partial charge in [0, 0.05) is 23.9 Å². The molecule has 1 aromatic heterocycles. The Labute approximate surface area is 146 Å². The summed E-state index contributed by atoms with van der Waals surface area (Å²) in [7, 11) is 0. The largest absolute Gasteiger partial charge is 0.619 e. The third kappa shape index (κ3) is 3.79. The number of anilines is 1. The highest BCUT2D eigenvalue weighted by atomic mass is 35.5. The highest BCUT2D eigenvalue weighted by Gasteiger charge is 2.33. The summed E-state index contributed by atoms with van der Waals surface area (Å²) in [6.45, 7) is 0.689. The zero-order chi connectivity index (χ0) is 18.2. The first kappa shape index (κ1) is 17.3. The first-order valence-electron chi connectivity index (χ1n) is 7.37. The molecule has 0 bridgehead atoms. The van der Waals surface area contributed by atoms with Crippen LogP contribution in [0.2, 0.25) is 5.02 Å². The van der Waals surface area contributed by atoms with E-state index < -0.39 is 22.8 Å². The van der Waals surface area contributed by atoms with E-state index in [-0.39, 0.29) is 12.2 Å². The molecule has 0 atom stereocenters. The average molecular weight is 372 g/mol. The number of halogens is 4. The molecule has 5 nitrogen and oxygen atoms in total. The fourth-order valence-corrected chi connectivity index (χ4v) is 2.96. The highest BCUT2D eigenvalue weighted by Crippen LogP contribution is 2.35. The van der Waals surface area contributed by atoms with Gasteiger partial charge in [-0.3, -0.25) is 0 Å². The number of pyridine rings is 1. The highest BCUT2D eigenvalue weighted by molar-refractivity contribution is 6.31. The van der Waals surface area contributed by atoms with Crippen molar-refractivity contribution < 1.29 is 22.7 Å². The van der Waals surface area contributed by atoms with E-state index in [1.54, 1.807) is 6.07 Å². The van der Waals surface area contributed by atoms with E-state index in [9.17, 15) is 23.2 Å². The lowest BCUT2D eigenvalue weighted by Crippen LogP contribution is -2.40. The van der Waals surface area contributed by atoms with E-state index >= 15 is 0 Å². The number of hydrogen-bond donors (Lipinski definition) is 1. The summed E-state index contributed by atoms with van der Waals surface area (Å²) < 4.78 is 38.8. The first-order chi connectivity index (χ1) is 11.7. The predicted molar refractivity (Wildman–Crippen MR) is 85.0 cm³/mol. The summed E-state index contributed by atoms with van der Waals surface area (Å²) in [5.74, 6) is 0. The standard InChI is InChI=1S/C16H13ClF3N3O2/c17-14-7-12(1-2-13(14)16(18,19)20)21-15(24)22-5-3-10-4-6-23(25)9-11(10)8-22/h1-2,4,6-7,9H,3,5,8H2,(H,21,24). The topological polar surface area (TPSA) is 59.3 Å². The molecule has 0 spiro atoms. The number of alkyl halides is 3. The van der Waals surface area contributed by atoms with Crippen molar-refractivity contribution >= 4 is 23.3 Å². The van der Waals surface area contributed by atoms with Crippen LogP contribution in [-0.2, 0) is 19.1 Å². The average Bonchev–Trinajstić information content (AvgIpc) is 2.52. The van der Waals surface area contributed by atoms with Crippen molar-refractivity contribution in [2.75, 3.05) is 11.9 Å². The van der Waals surface area contributed by atoms with Crippen LogP contribution in [0.3, 0.4) is 0 Å². The summed E-state index contributed by atoms with van der Waals surface area (Å²) in [5, 5.41) is 13.4. The molecular weight excluding hydrogens is 359 g/mol. The summed E-state index contributed by atoms with van der Waals surface area (Å²) in [6, 6.07) is 4.28. The maximum Gasteiger partial charge on any atom is 0.417 e. The van der Waals surface area contributed by atoms with Gasteiger partial charge in [0.25, 0.3) is 0 Å². The van der Waals surface area contributed by atoms with E-state index in [2.05, 4.69) is 5.32 Å². The van der Waals surface area contributed by atoms with Crippen LogP contribution in [0, 0.1) is 5.21 Å². The second-order valence-electron chi connectivity index (χ2n) is 5.65. The van der Waals surface area contributed by atoms with Gasteiger partial charge in [-0.25, -0.2) is 4.79 Å². The number of fused-ring (bicyclic) bond motifs is 1. The number of carbonyl (C=O) groups excluding carboxylic acids is 1. The Hall–Kier alpha value is -2.48. The Morgan fingerprint density at radius 3 is 2.72 bits per heavy atom. The first-order valence-corrected chi connectivity index (χ1v) is 7.75. The zero-order valence-corrected chi connectivity index (χ0v) is 13.6. The maximum absolute atomic E-state index is 12.7. The van der Waals surface area contributed by atoms with E-state index in [1.165, 1.54) is 17.3 Å². The Morgan fingerprint density at radius 1 is 1.28 bits per heavy atom. The molecule has 0 unspecified atom stereocenters. The van der Waals surface area contributed by atoms with Gasteiger partial charge in [-0.05, 0) is 30.2 Å². The Bertz CT molecular complexity index is 827. The molecular formula is C16H13ClF3N3O2. The van der Waals surface area contributed by atoms with Crippen LogP contribution in [0.5, 0.6) is 0 Å². The number of urea groups is 1. The van der Waals surface area contributed by atoms with Gasteiger partial charge >= 0.3 is 12.2 Å². The van der Waals surface area contributed by atoms with Crippen molar-refractivity contribution in [1.29, 1.82) is 0 Å². The molecule has 1 aromatic carbocycles. The maximum atomic E-state index is 12.7. The van der Waals surface area contributed by atoms with Crippen LogP contribution in [0.15, 0.2) is 36.7 Å². The third-order valence-electron chi connectivity index (χ3n) is 3.94. The second-order valence-corrected chi connectivity index (χ2v) is 6.06. The second kappa shape index (κ2) is 6.44. The molecule has 1 N–H and O–H groups in total. The van der Waals surface area contributed by atoms with E-state index in [0.717, 1.165) is 29.3 Å². The molecule has 2 amide bonds. The van der Waals surface area contributed by atoms with Crippen molar-refractivity contribution in [2.45, 2.75) is 19.1 Å². The number of hydrogen-bond acceptors (Lipinski definition) is 2. The van der Waals surface area contributed by atoms with Gasteiger partial charge in [-0.1, -0.05) is 11.6 Å². The molecule has 0 fully saturated rings. The van der Waals surface area contributed by atoms with Gasteiger partial charge in [0.05, 0.1) is 17.1 Å². The van der Waals surface area contributed by atoms with E-state index in [4.69, 9.17) is 11.6 Å². The molecule has 2 aromatic rings. The minimum Gasteiger partial charge on any atom is -0.619 e. The summed E-state index contributed by atoms with van der Waals surface area (Å²) in [5.41, 5.74) is 0.942. The molecule has 25 heavy (non-hydrogen) atoms. The zero-order valence-electron chi connectivity index (χ0n) is 12.8. The monoisotopic (exact) mass is 371 g/mol. The molecule has 0 saturated heterocycles. The minimum absolute atomic E-state index is 0.167. The number of nitrogens with one attached hydrogen (secondary N) is 1. The van der Waals surface area contributed by atoms with Crippen LogP contribution in [0.4, 0.5) is 23.7 Å². The summed E-state index contributed by atoms with van der Waals surface area (Å²) >= 11 is 5.65. The molecule has 0 radical (unpaired) electrons. The molecule has 1 aliphatic rings. The van der Waals surface area contributed by atoms with E-state index in [1.807, 2.05) is 0 Å². The number of amides is 2. The van der Waals surface area contributed by atoms with Crippen LogP contribution in [0.1, 0.15) is 16.7 Å². The molecule has 132 valence electrons. The Kier molecular flexibility index (Phi) is 4.47. The van der Waals surface area contributed by atoms with E-state index in [0.29, 0.717) is 17.7 Å². The molecule has 0 saturated carbocycles. The number of nitrogens with zero attached hydrogens (tertiary/aromatic N) is 2. The molecule has 9 heteroatoms. The summed E-state index contributed by atoms with van der Waals surface area (Å²) in [6.07, 6.45) is -1.15. The normalized spacial score (nSPS) is 14.2. The quantitative estimate of drug-likeness (QED) is 0.615. The lowest BCUT2D eigenvalue weighted by atomic mass is 10.0.